The Morgan fingerprint density at radius 3 is 2.22 bits per heavy atom. The smallest absolute Gasteiger partial charge is 0.131 e. The Labute approximate surface area is 111 Å². The second-order valence-corrected chi connectivity index (χ2v) is 4.09. The van der Waals surface area contributed by atoms with Gasteiger partial charge in [0, 0.05) is 31.7 Å². The normalized spacial score (nSPS) is 18.2. The van der Waals surface area contributed by atoms with Crippen molar-refractivity contribution in [1.82, 2.24) is 10.2 Å². The molecule has 18 heavy (non-hydrogen) atoms. The molecule has 1 aliphatic rings. The molecule has 0 spiro atoms. The van der Waals surface area contributed by atoms with Crippen molar-refractivity contribution in [2.24, 2.45) is 0 Å². The van der Waals surface area contributed by atoms with E-state index in [9.17, 15) is 13.2 Å². The van der Waals surface area contributed by atoms with E-state index in [1.54, 1.807) is 4.90 Å². The lowest BCUT2D eigenvalue weighted by atomic mass is 10.0. The molecule has 0 saturated carbocycles. The van der Waals surface area contributed by atoms with Gasteiger partial charge in [-0.25, -0.2) is 13.2 Å². The average Bonchev–Trinajstić information content (AvgIpc) is 2.35. The number of piperazine rings is 1. The van der Waals surface area contributed by atoms with Crippen LogP contribution >= 0.6 is 12.4 Å². The lowest BCUT2D eigenvalue weighted by Gasteiger charge is -2.33. The predicted molar refractivity (Wildman–Crippen MR) is 66.8 cm³/mol. The number of halogens is 4. The van der Waals surface area contributed by atoms with Crippen LogP contribution in [-0.2, 0) is 0 Å². The van der Waals surface area contributed by atoms with Gasteiger partial charge in [0.05, 0.1) is 6.04 Å². The summed E-state index contributed by atoms with van der Waals surface area (Å²) in [6, 6.07) is 2.81. The van der Waals surface area contributed by atoms with E-state index in [-0.39, 0.29) is 18.0 Å². The molecule has 1 N–H and O–H groups in total. The monoisotopic (exact) mass is 280 g/mol. The van der Waals surface area contributed by atoms with Crippen LogP contribution in [0.3, 0.4) is 0 Å². The van der Waals surface area contributed by atoms with E-state index < -0.39 is 24.4 Å². The third kappa shape index (κ3) is 3.16. The van der Waals surface area contributed by atoms with Gasteiger partial charge in [-0.15, -0.1) is 12.4 Å². The summed E-state index contributed by atoms with van der Waals surface area (Å²) in [5.74, 6) is -1.35. The maximum Gasteiger partial charge on any atom is 0.131 e. The Morgan fingerprint density at radius 1 is 1.17 bits per heavy atom. The van der Waals surface area contributed by atoms with Gasteiger partial charge in [-0.2, -0.15) is 0 Å². The molecule has 1 heterocycles. The van der Waals surface area contributed by atoms with Gasteiger partial charge >= 0.3 is 0 Å². The molecule has 1 atom stereocenters. The molecular weight excluding hydrogens is 265 g/mol. The topological polar surface area (TPSA) is 15.3 Å². The van der Waals surface area contributed by atoms with E-state index in [0.717, 1.165) is 0 Å². The summed E-state index contributed by atoms with van der Waals surface area (Å²) in [6.07, 6.45) is 0. The van der Waals surface area contributed by atoms with Gasteiger partial charge in [-0.05, 0) is 12.1 Å². The molecule has 1 saturated heterocycles. The first-order valence-corrected chi connectivity index (χ1v) is 5.68. The van der Waals surface area contributed by atoms with Crippen LogP contribution < -0.4 is 5.32 Å². The molecule has 2 rings (SSSR count). The van der Waals surface area contributed by atoms with Crippen molar-refractivity contribution >= 4 is 12.4 Å². The van der Waals surface area contributed by atoms with E-state index >= 15 is 0 Å². The zero-order chi connectivity index (χ0) is 12.3. The summed E-state index contributed by atoms with van der Waals surface area (Å²) in [4.78, 5) is 1.78. The van der Waals surface area contributed by atoms with E-state index in [0.29, 0.717) is 26.2 Å². The minimum absolute atomic E-state index is 0. The fourth-order valence-corrected chi connectivity index (χ4v) is 2.18. The molecule has 0 unspecified atom stereocenters. The maximum absolute atomic E-state index is 13.6. The van der Waals surface area contributed by atoms with Crippen LogP contribution in [0, 0.1) is 11.6 Å². The van der Waals surface area contributed by atoms with Crippen LogP contribution in [0.25, 0.3) is 0 Å². The largest absolute Gasteiger partial charge is 0.314 e. The lowest BCUT2D eigenvalue weighted by Crippen LogP contribution is -2.46. The van der Waals surface area contributed by atoms with Gasteiger partial charge < -0.3 is 5.32 Å². The summed E-state index contributed by atoms with van der Waals surface area (Å²) in [5, 5.41) is 3.12. The highest BCUT2D eigenvalue weighted by Crippen LogP contribution is 2.26. The Balaban J connectivity index is 0.00000162. The molecule has 0 aliphatic carbocycles. The molecule has 102 valence electrons. The molecule has 1 aromatic carbocycles. The minimum Gasteiger partial charge on any atom is -0.314 e. The van der Waals surface area contributed by atoms with Crippen molar-refractivity contribution < 1.29 is 13.2 Å². The number of hydrogen-bond acceptors (Lipinski definition) is 2. The third-order valence-corrected chi connectivity index (χ3v) is 3.07. The molecule has 0 radical (unpaired) electrons. The second kappa shape index (κ2) is 6.97. The number of benzene rings is 1. The van der Waals surface area contributed by atoms with Crippen LogP contribution in [-0.4, -0.2) is 37.8 Å². The average molecular weight is 281 g/mol. The number of nitrogens with one attached hydrogen (secondary N) is 1. The van der Waals surface area contributed by atoms with E-state index in [1.807, 2.05) is 0 Å². The van der Waals surface area contributed by atoms with E-state index in [2.05, 4.69) is 5.32 Å². The first-order valence-electron chi connectivity index (χ1n) is 5.68. The number of alkyl halides is 1. The molecule has 1 fully saturated rings. The highest BCUT2D eigenvalue weighted by molar-refractivity contribution is 5.85. The molecule has 1 aliphatic heterocycles. The van der Waals surface area contributed by atoms with Crippen LogP contribution in [0.1, 0.15) is 11.6 Å². The quantitative estimate of drug-likeness (QED) is 0.914. The standard InChI is InChI=1S/C12H15F3N2.ClH/c13-8-11(17-6-4-16-5-7-17)12-9(14)2-1-3-10(12)15;/h1-3,11,16H,4-8H2;1H/t11-;/m0./s1. The van der Waals surface area contributed by atoms with E-state index in [1.165, 1.54) is 18.2 Å². The lowest BCUT2D eigenvalue weighted by molar-refractivity contribution is 0.141. The van der Waals surface area contributed by atoms with Gasteiger partial charge in [0.1, 0.15) is 18.3 Å². The minimum atomic E-state index is -0.821. The van der Waals surface area contributed by atoms with Crippen LogP contribution in [0.2, 0.25) is 0 Å². The molecule has 6 heteroatoms. The highest BCUT2D eigenvalue weighted by Gasteiger charge is 2.27. The predicted octanol–water partition coefficient (Wildman–Crippen LogP) is 2.30. The van der Waals surface area contributed by atoms with Gasteiger partial charge in [-0.3, -0.25) is 4.90 Å². The molecule has 0 bridgehead atoms. The van der Waals surface area contributed by atoms with Gasteiger partial charge in [0.15, 0.2) is 0 Å². The SMILES string of the molecule is Cl.FC[C@@H](c1c(F)cccc1F)N1CCNCC1. The van der Waals surface area contributed by atoms with E-state index in [4.69, 9.17) is 0 Å². The Hall–Kier alpha value is -0.780. The van der Waals surface area contributed by atoms with Crippen LogP contribution in [0.5, 0.6) is 0 Å². The van der Waals surface area contributed by atoms with Crippen molar-refractivity contribution in [2.45, 2.75) is 6.04 Å². The number of rotatable bonds is 3. The van der Waals surface area contributed by atoms with Crippen LogP contribution in [0.15, 0.2) is 18.2 Å². The summed E-state index contributed by atoms with van der Waals surface area (Å²) in [7, 11) is 0. The highest BCUT2D eigenvalue weighted by atomic mass is 35.5. The first-order chi connectivity index (χ1) is 8.24. The zero-order valence-corrected chi connectivity index (χ0v) is 10.7. The Kier molecular flexibility index (Phi) is 5.91. The summed E-state index contributed by atoms with van der Waals surface area (Å²) in [5.41, 5.74) is -0.156. The molecule has 1 aromatic rings. The number of hydrogen-bond donors (Lipinski definition) is 1. The molecular formula is C12H16ClF3N2. The second-order valence-electron chi connectivity index (χ2n) is 4.09. The molecule has 0 amide bonds. The third-order valence-electron chi connectivity index (χ3n) is 3.07. The van der Waals surface area contributed by atoms with Gasteiger partial charge in [0.25, 0.3) is 0 Å². The van der Waals surface area contributed by atoms with Crippen LogP contribution in [0.4, 0.5) is 13.2 Å². The molecule has 0 aromatic heterocycles. The Bertz CT molecular complexity index is 363. The van der Waals surface area contributed by atoms with Crippen molar-refractivity contribution in [3.63, 3.8) is 0 Å². The van der Waals surface area contributed by atoms with Gasteiger partial charge in [0.2, 0.25) is 0 Å². The number of nitrogens with zero attached hydrogens (tertiary/aromatic N) is 1. The summed E-state index contributed by atoms with van der Waals surface area (Å²) >= 11 is 0. The van der Waals surface area contributed by atoms with Crippen molar-refractivity contribution in [3.8, 4) is 0 Å². The van der Waals surface area contributed by atoms with Crippen molar-refractivity contribution in [3.05, 3.63) is 35.4 Å². The van der Waals surface area contributed by atoms with Crippen molar-refractivity contribution in [2.75, 3.05) is 32.9 Å². The summed E-state index contributed by atoms with van der Waals surface area (Å²) in [6.45, 7) is 1.85. The maximum atomic E-state index is 13.6. The van der Waals surface area contributed by atoms with Gasteiger partial charge in [-0.1, -0.05) is 6.07 Å². The molecule has 2 nitrogen and oxygen atoms in total. The fourth-order valence-electron chi connectivity index (χ4n) is 2.18. The van der Waals surface area contributed by atoms with Crippen molar-refractivity contribution in [1.29, 1.82) is 0 Å². The zero-order valence-electron chi connectivity index (χ0n) is 9.83. The summed E-state index contributed by atoms with van der Waals surface area (Å²) < 4.78 is 40.3. The fraction of sp³-hybridized carbons (Fsp3) is 0.500. The Morgan fingerprint density at radius 2 is 1.72 bits per heavy atom. The first kappa shape index (κ1) is 15.3.